The summed E-state index contributed by atoms with van der Waals surface area (Å²) < 4.78 is 0. The largest absolute Gasteiger partial charge is 0.394 e. The molecule has 0 bridgehead atoms. The molecule has 0 radical (unpaired) electrons. The van der Waals surface area contributed by atoms with Gasteiger partial charge in [-0.15, -0.1) is 0 Å². The van der Waals surface area contributed by atoms with Crippen LogP contribution in [0.2, 0.25) is 0 Å². The Morgan fingerprint density at radius 3 is 0.776 bits per heavy atom. The van der Waals surface area contributed by atoms with Crippen LogP contribution >= 0.6 is 0 Å². The second-order valence-electron chi connectivity index (χ2n) is 19.0. The molecule has 1 amide bonds. The monoisotopic (exact) mass is 820 g/mol. The van der Waals surface area contributed by atoms with E-state index in [9.17, 15) is 15.0 Å². The Kier molecular flexibility index (Phi) is 50.2. The van der Waals surface area contributed by atoms with Crippen LogP contribution < -0.4 is 5.32 Å². The van der Waals surface area contributed by atoms with Gasteiger partial charge in [-0.1, -0.05) is 303 Å². The van der Waals surface area contributed by atoms with E-state index in [1.165, 1.54) is 270 Å². The van der Waals surface area contributed by atoms with Crippen molar-refractivity contribution >= 4 is 5.91 Å². The van der Waals surface area contributed by atoms with E-state index >= 15 is 0 Å². The van der Waals surface area contributed by atoms with Crippen molar-refractivity contribution in [3.05, 3.63) is 0 Å². The highest BCUT2D eigenvalue weighted by atomic mass is 16.3. The van der Waals surface area contributed by atoms with Crippen LogP contribution in [0.25, 0.3) is 0 Å². The lowest BCUT2D eigenvalue weighted by atomic mass is 10.0. The number of carbonyl (C=O) groups excluding carboxylic acids is 1. The van der Waals surface area contributed by atoms with Gasteiger partial charge in [0.15, 0.2) is 0 Å². The molecule has 0 spiro atoms. The molecule has 2 atom stereocenters. The van der Waals surface area contributed by atoms with Crippen LogP contribution in [0.3, 0.4) is 0 Å². The SMILES string of the molecule is CCCCCCCCCCCCCCCCCCCCCCCCCCCCCCCCC(=O)N[C@@H](CO)[C@H](O)CCCCCCCCCCCCCCCCCC. The molecule has 0 aromatic carbocycles. The molecule has 0 saturated heterocycles. The first-order valence-corrected chi connectivity index (χ1v) is 27.2. The summed E-state index contributed by atoms with van der Waals surface area (Å²) in [6.45, 7) is 4.40. The molecule has 0 fully saturated rings. The van der Waals surface area contributed by atoms with Gasteiger partial charge in [0.25, 0.3) is 0 Å². The second-order valence-corrected chi connectivity index (χ2v) is 19.0. The van der Waals surface area contributed by atoms with E-state index in [-0.39, 0.29) is 12.5 Å². The van der Waals surface area contributed by atoms with E-state index in [1.807, 2.05) is 0 Å². The van der Waals surface area contributed by atoms with Crippen LogP contribution in [0.5, 0.6) is 0 Å². The molecule has 0 unspecified atom stereocenters. The predicted octanol–water partition coefficient (Wildman–Crippen LogP) is 17.6. The Hall–Kier alpha value is -0.610. The van der Waals surface area contributed by atoms with Gasteiger partial charge in [-0.2, -0.15) is 0 Å². The zero-order chi connectivity index (χ0) is 42.1. The first-order chi connectivity index (χ1) is 28.7. The number of hydrogen-bond acceptors (Lipinski definition) is 3. The van der Waals surface area contributed by atoms with Gasteiger partial charge in [-0.3, -0.25) is 4.79 Å². The van der Waals surface area contributed by atoms with Gasteiger partial charge in [0.2, 0.25) is 5.91 Å². The molecule has 0 saturated carbocycles. The Labute approximate surface area is 365 Å². The molecular formula is C54H109NO3. The van der Waals surface area contributed by atoms with Crippen molar-refractivity contribution in [3.63, 3.8) is 0 Å². The normalized spacial score (nSPS) is 12.7. The number of aliphatic hydroxyl groups excluding tert-OH is 2. The summed E-state index contributed by atoms with van der Waals surface area (Å²) in [6, 6.07) is -0.530. The third kappa shape index (κ3) is 46.5. The van der Waals surface area contributed by atoms with Crippen molar-refractivity contribution in [3.8, 4) is 0 Å². The molecule has 0 aromatic heterocycles. The fourth-order valence-electron chi connectivity index (χ4n) is 8.95. The van der Waals surface area contributed by atoms with Crippen LogP contribution in [-0.4, -0.2) is 34.9 Å². The predicted molar refractivity (Wildman–Crippen MR) is 258 cm³/mol. The Morgan fingerprint density at radius 1 is 0.345 bits per heavy atom. The molecule has 0 aliphatic carbocycles. The minimum Gasteiger partial charge on any atom is -0.394 e. The highest BCUT2D eigenvalue weighted by molar-refractivity contribution is 5.76. The molecule has 58 heavy (non-hydrogen) atoms. The number of amides is 1. The molecule has 4 heteroatoms. The van der Waals surface area contributed by atoms with E-state index in [2.05, 4.69) is 19.2 Å². The first kappa shape index (κ1) is 57.4. The van der Waals surface area contributed by atoms with E-state index in [0.717, 1.165) is 25.7 Å². The third-order valence-corrected chi connectivity index (χ3v) is 13.1. The minimum absolute atomic E-state index is 0.0229. The van der Waals surface area contributed by atoms with Gasteiger partial charge in [-0.25, -0.2) is 0 Å². The molecule has 0 heterocycles. The van der Waals surface area contributed by atoms with E-state index in [4.69, 9.17) is 0 Å². The number of hydrogen-bond donors (Lipinski definition) is 3. The van der Waals surface area contributed by atoms with Crippen LogP contribution in [0, 0.1) is 0 Å². The van der Waals surface area contributed by atoms with Gasteiger partial charge < -0.3 is 15.5 Å². The molecule has 3 N–H and O–H groups in total. The van der Waals surface area contributed by atoms with E-state index < -0.39 is 12.1 Å². The number of unbranched alkanes of at least 4 members (excludes halogenated alkanes) is 44. The van der Waals surface area contributed by atoms with Crippen LogP contribution in [-0.2, 0) is 4.79 Å². The highest BCUT2D eigenvalue weighted by Crippen LogP contribution is 2.18. The molecule has 4 nitrogen and oxygen atoms in total. The van der Waals surface area contributed by atoms with Crippen molar-refractivity contribution in [2.45, 2.75) is 334 Å². The Bertz CT molecular complexity index is 759. The van der Waals surface area contributed by atoms with Crippen molar-refractivity contribution in [2.24, 2.45) is 0 Å². The number of aliphatic hydroxyl groups is 2. The summed E-state index contributed by atoms with van der Waals surface area (Å²) in [5.74, 6) is -0.0229. The minimum atomic E-state index is -0.654. The first-order valence-electron chi connectivity index (χ1n) is 27.2. The summed E-state index contributed by atoms with van der Waals surface area (Å²) in [7, 11) is 0. The van der Waals surface area contributed by atoms with Crippen LogP contribution in [0.15, 0.2) is 0 Å². The van der Waals surface area contributed by atoms with Gasteiger partial charge >= 0.3 is 0 Å². The summed E-state index contributed by atoms with van der Waals surface area (Å²) in [5, 5.41) is 23.3. The van der Waals surface area contributed by atoms with Crippen molar-refractivity contribution in [1.82, 2.24) is 5.32 Å². The summed E-state index contributed by atoms with van der Waals surface area (Å²) in [4.78, 5) is 12.5. The van der Waals surface area contributed by atoms with Gasteiger partial charge in [0.1, 0.15) is 0 Å². The fraction of sp³-hybridized carbons (Fsp3) is 0.981. The van der Waals surface area contributed by atoms with Gasteiger partial charge in [0.05, 0.1) is 18.8 Å². The number of rotatable bonds is 51. The summed E-state index contributed by atoms with van der Waals surface area (Å²) in [6.07, 6.45) is 63.7. The zero-order valence-corrected chi connectivity index (χ0v) is 40.1. The third-order valence-electron chi connectivity index (χ3n) is 13.1. The zero-order valence-electron chi connectivity index (χ0n) is 40.1. The lowest BCUT2D eigenvalue weighted by Crippen LogP contribution is -2.45. The standard InChI is InChI=1S/C54H109NO3/c1-3-5-7-9-11-13-15-17-19-21-22-23-24-25-26-27-28-29-30-31-32-33-34-36-38-40-42-44-46-48-50-54(58)55-52(51-56)53(57)49-47-45-43-41-39-37-35-20-18-16-14-12-10-8-6-4-2/h52-53,56-57H,3-51H2,1-2H3,(H,55,58)/t52-,53+/m0/s1. The quantitative estimate of drug-likeness (QED) is 0.0536. The van der Waals surface area contributed by atoms with E-state index in [0.29, 0.717) is 12.8 Å². The highest BCUT2D eigenvalue weighted by Gasteiger charge is 2.20. The average Bonchev–Trinajstić information content (AvgIpc) is 3.23. The molecule has 0 aromatic rings. The molecule has 348 valence electrons. The van der Waals surface area contributed by atoms with Crippen molar-refractivity contribution in [2.75, 3.05) is 6.61 Å². The fourth-order valence-corrected chi connectivity index (χ4v) is 8.95. The number of nitrogens with one attached hydrogen (secondary N) is 1. The van der Waals surface area contributed by atoms with E-state index in [1.54, 1.807) is 0 Å². The Balaban J connectivity index is 3.37. The number of carbonyl (C=O) groups is 1. The molecule has 0 rings (SSSR count). The smallest absolute Gasteiger partial charge is 0.220 e. The maximum atomic E-state index is 12.5. The lowest BCUT2D eigenvalue weighted by Gasteiger charge is -2.22. The summed E-state index contributed by atoms with van der Waals surface area (Å²) >= 11 is 0. The molecular weight excluding hydrogens is 711 g/mol. The molecule has 0 aliphatic heterocycles. The maximum absolute atomic E-state index is 12.5. The van der Waals surface area contributed by atoms with Crippen LogP contribution in [0.1, 0.15) is 322 Å². The topological polar surface area (TPSA) is 69.6 Å². The maximum Gasteiger partial charge on any atom is 0.220 e. The van der Waals surface area contributed by atoms with Gasteiger partial charge in [0, 0.05) is 6.42 Å². The average molecular weight is 820 g/mol. The van der Waals surface area contributed by atoms with Gasteiger partial charge in [-0.05, 0) is 12.8 Å². The molecule has 0 aliphatic rings. The second kappa shape index (κ2) is 50.7. The van der Waals surface area contributed by atoms with Crippen molar-refractivity contribution < 1.29 is 15.0 Å². The lowest BCUT2D eigenvalue weighted by molar-refractivity contribution is -0.123. The summed E-state index contributed by atoms with van der Waals surface area (Å²) in [5.41, 5.74) is 0. The van der Waals surface area contributed by atoms with Crippen LogP contribution in [0.4, 0.5) is 0 Å². The Morgan fingerprint density at radius 2 is 0.552 bits per heavy atom. The van der Waals surface area contributed by atoms with Crippen molar-refractivity contribution in [1.29, 1.82) is 0 Å².